The minimum atomic E-state index is -0.443. The van der Waals surface area contributed by atoms with Gasteiger partial charge in [-0.15, -0.1) is 10.2 Å². The van der Waals surface area contributed by atoms with Crippen LogP contribution in [0.4, 0.5) is 5.69 Å². The number of hydrogen-bond acceptors (Lipinski definition) is 6. The summed E-state index contributed by atoms with van der Waals surface area (Å²) in [5.41, 5.74) is 2.73. The molecule has 0 aliphatic carbocycles. The number of non-ortho nitro benzene ring substituents is 1. The maximum absolute atomic E-state index is 12.3. The van der Waals surface area contributed by atoms with Gasteiger partial charge in [-0.1, -0.05) is 72.4 Å². The summed E-state index contributed by atoms with van der Waals surface area (Å²) in [6.07, 6.45) is 3.20. The molecule has 0 aliphatic heterocycles. The Morgan fingerprint density at radius 2 is 1.65 bits per heavy atom. The third kappa shape index (κ3) is 5.96. The van der Waals surface area contributed by atoms with E-state index in [9.17, 15) is 14.9 Å². The standard InChI is InChI=1S/C25H21N5O3S/c31-24(16-11-19-7-3-1-4-8-19)26-17-23-27-28-25(34-18-20-9-5-2-6-10-20)29(23)21-12-14-22(15-13-21)30(32)33/h1-16H,17-18H2,(H,26,31)/b16-11+. The van der Waals surface area contributed by atoms with Gasteiger partial charge >= 0.3 is 0 Å². The summed E-state index contributed by atoms with van der Waals surface area (Å²) in [5.74, 6) is 0.935. The van der Waals surface area contributed by atoms with Crippen molar-refractivity contribution in [1.82, 2.24) is 20.1 Å². The lowest BCUT2D eigenvalue weighted by Gasteiger charge is -2.10. The maximum Gasteiger partial charge on any atom is 0.269 e. The van der Waals surface area contributed by atoms with Crippen molar-refractivity contribution in [3.8, 4) is 5.69 Å². The van der Waals surface area contributed by atoms with E-state index in [1.165, 1.54) is 30.0 Å². The monoisotopic (exact) mass is 471 g/mol. The lowest BCUT2D eigenvalue weighted by molar-refractivity contribution is -0.384. The molecule has 1 amide bonds. The summed E-state index contributed by atoms with van der Waals surface area (Å²) in [4.78, 5) is 22.9. The predicted octanol–water partition coefficient (Wildman–Crippen LogP) is 4.80. The second kappa shape index (κ2) is 11.1. The van der Waals surface area contributed by atoms with Crippen LogP contribution in [0.15, 0.2) is 96.2 Å². The summed E-state index contributed by atoms with van der Waals surface area (Å²) in [6, 6.07) is 25.7. The number of nitro benzene ring substituents is 1. The lowest BCUT2D eigenvalue weighted by Crippen LogP contribution is -2.22. The minimum absolute atomic E-state index is 0.00350. The number of hydrogen-bond donors (Lipinski definition) is 1. The van der Waals surface area contributed by atoms with Gasteiger partial charge in [0.1, 0.15) is 0 Å². The third-order valence-electron chi connectivity index (χ3n) is 4.88. The van der Waals surface area contributed by atoms with Crippen LogP contribution in [0.1, 0.15) is 17.0 Å². The number of aromatic nitrogens is 3. The molecule has 0 saturated heterocycles. The Balaban J connectivity index is 1.53. The normalized spacial score (nSPS) is 10.9. The number of nitrogens with one attached hydrogen (secondary N) is 1. The highest BCUT2D eigenvalue weighted by atomic mass is 32.2. The molecule has 0 fully saturated rings. The molecule has 9 heteroatoms. The summed E-state index contributed by atoms with van der Waals surface area (Å²) in [5, 5.41) is 23.1. The fourth-order valence-electron chi connectivity index (χ4n) is 3.17. The highest BCUT2D eigenvalue weighted by Crippen LogP contribution is 2.26. The summed E-state index contributed by atoms with van der Waals surface area (Å²) >= 11 is 1.50. The molecule has 4 aromatic rings. The molecule has 3 aromatic carbocycles. The molecule has 34 heavy (non-hydrogen) atoms. The van der Waals surface area contributed by atoms with Crippen LogP contribution < -0.4 is 5.32 Å². The van der Waals surface area contributed by atoms with Crippen LogP contribution >= 0.6 is 11.8 Å². The predicted molar refractivity (Wildman–Crippen MR) is 131 cm³/mol. The van der Waals surface area contributed by atoms with Gasteiger partial charge in [0.05, 0.1) is 11.5 Å². The van der Waals surface area contributed by atoms with E-state index >= 15 is 0 Å². The fourth-order valence-corrected chi connectivity index (χ4v) is 4.10. The van der Waals surface area contributed by atoms with Crippen molar-refractivity contribution >= 4 is 29.4 Å². The smallest absolute Gasteiger partial charge is 0.269 e. The molecule has 1 aromatic heterocycles. The average Bonchev–Trinajstić information content (AvgIpc) is 3.29. The van der Waals surface area contributed by atoms with Crippen molar-refractivity contribution in [2.45, 2.75) is 17.5 Å². The van der Waals surface area contributed by atoms with Crippen molar-refractivity contribution in [2.24, 2.45) is 0 Å². The van der Waals surface area contributed by atoms with Crippen LogP contribution in [0, 0.1) is 10.1 Å². The fraction of sp³-hybridized carbons (Fsp3) is 0.0800. The molecule has 8 nitrogen and oxygen atoms in total. The zero-order valence-electron chi connectivity index (χ0n) is 18.1. The molecule has 0 spiro atoms. The van der Waals surface area contributed by atoms with E-state index in [4.69, 9.17) is 0 Å². The number of benzene rings is 3. The molecular weight excluding hydrogens is 450 g/mol. The molecule has 0 radical (unpaired) electrons. The van der Waals surface area contributed by atoms with Crippen LogP contribution in [0.5, 0.6) is 0 Å². The van der Waals surface area contributed by atoms with Gasteiger partial charge in [0.2, 0.25) is 5.91 Å². The van der Waals surface area contributed by atoms with Gasteiger partial charge in [-0.25, -0.2) is 0 Å². The Kier molecular flexibility index (Phi) is 7.46. The van der Waals surface area contributed by atoms with E-state index in [1.807, 2.05) is 60.7 Å². The number of carbonyl (C=O) groups excluding carboxylic acids is 1. The molecule has 4 rings (SSSR count). The van der Waals surface area contributed by atoms with Gasteiger partial charge in [-0.3, -0.25) is 19.5 Å². The number of nitrogens with zero attached hydrogens (tertiary/aromatic N) is 4. The zero-order chi connectivity index (χ0) is 23.8. The highest BCUT2D eigenvalue weighted by Gasteiger charge is 2.16. The molecular formula is C25H21N5O3S. The topological polar surface area (TPSA) is 103 Å². The first kappa shape index (κ1) is 22.9. The highest BCUT2D eigenvalue weighted by molar-refractivity contribution is 7.98. The van der Waals surface area contributed by atoms with Crippen molar-refractivity contribution in [2.75, 3.05) is 0 Å². The van der Waals surface area contributed by atoms with Crippen molar-refractivity contribution in [3.05, 3.63) is 118 Å². The molecule has 0 saturated carbocycles. The average molecular weight is 472 g/mol. The molecule has 1 heterocycles. The molecule has 0 bridgehead atoms. The van der Waals surface area contributed by atoms with Crippen LogP contribution in [0.25, 0.3) is 11.8 Å². The van der Waals surface area contributed by atoms with Gasteiger partial charge in [0.25, 0.3) is 5.69 Å². The van der Waals surface area contributed by atoms with Gasteiger partial charge in [-0.2, -0.15) is 0 Å². The Morgan fingerprint density at radius 1 is 0.971 bits per heavy atom. The zero-order valence-corrected chi connectivity index (χ0v) is 18.9. The first-order valence-electron chi connectivity index (χ1n) is 10.5. The quantitative estimate of drug-likeness (QED) is 0.163. The van der Waals surface area contributed by atoms with Gasteiger partial charge in [0, 0.05) is 29.6 Å². The summed E-state index contributed by atoms with van der Waals surface area (Å²) in [6.45, 7) is 0.147. The maximum atomic E-state index is 12.3. The first-order valence-corrected chi connectivity index (χ1v) is 11.5. The van der Waals surface area contributed by atoms with E-state index in [2.05, 4.69) is 15.5 Å². The summed E-state index contributed by atoms with van der Waals surface area (Å²) < 4.78 is 1.80. The Hall–Kier alpha value is -4.24. The number of carbonyl (C=O) groups is 1. The SMILES string of the molecule is O=C(/C=C/c1ccccc1)NCc1nnc(SCc2ccccc2)n1-c1ccc([N+](=O)[O-])cc1. The molecule has 0 atom stereocenters. The largest absolute Gasteiger partial charge is 0.345 e. The number of amides is 1. The molecule has 0 unspecified atom stereocenters. The minimum Gasteiger partial charge on any atom is -0.345 e. The van der Waals surface area contributed by atoms with Crippen LogP contribution in [-0.2, 0) is 17.1 Å². The molecule has 170 valence electrons. The van der Waals surface area contributed by atoms with Crippen molar-refractivity contribution in [3.63, 3.8) is 0 Å². The second-order valence-electron chi connectivity index (χ2n) is 7.24. The first-order chi connectivity index (χ1) is 16.6. The molecule has 1 N–H and O–H groups in total. The van der Waals surface area contributed by atoms with E-state index in [-0.39, 0.29) is 18.1 Å². The molecule has 0 aliphatic rings. The lowest BCUT2D eigenvalue weighted by atomic mass is 10.2. The van der Waals surface area contributed by atoms with Gasteiger partial charge in [-0.05, 0) is 29.3 Å². The van der Waals surface area contributed by atoms with Crippen LogP contribution in [-0.4, -0.2) is 25.6 Å². The Labute approximate surface area is 200 Å². The van der Waals surface area contributed by atoms with Crippen molar-refractivity contribution < 1.29 is 9.72 Å². The van der Waals surface area contributed by atoms with E-state index in [1.54, 1.807) is 22.8 Å². The summed E-state index contributed by atoms with van der Waals surface area (Å²) in [7, 11) is 0. The van der Waals surface area contributed by atoms with E-state index < -0.39 is 4.92 Å². The number of rotatable bonds is 9. The van der Waals surface area contributed by atoms with Gasteiger partial charge < -0.3 is 5.32 Å². The van der Waals surface area contributed by atoms with E-state index in [0.29, 0.717) is 22.4 Å². The Morgan fingerprint density at radius 3 is 2.32 bits per heavy atom. The third-order valence-corrected chi connectivity index (χ3v) is 5.88. The number of nitro groups is 1. The second-order valence-corrected chi connectivity index (χ2v) is 8.19. The van der Waals surface area contributed by atoms with Gasteiger partial charge in [0.15, 0.2) is 11.0 Å². The van der Waals surface area contributed by atoms with Crippen molar-refractivity contribution in [1.29, 1.82) is 0 Å². The number of thioether (sulfide) groups is 1. The Bertz CT molecular complexity index is 1290. The van der Waals surface area contributed by atoms with Crippen LogP contribution in [0.3, 0.4) is 0 Å². The van der Waals surface area contributed by atoms with E-state index in [0.717, 1.165) is 11.1 Å². The van der Waals surface area contributed by atoms with Crippen LogP contribution in [0.2, 0.25) is 0 Å².